The van der Waals surface area contributed by atoms with Gasteiger partial charge in [0.15, 0.2) is 5.78 Å². The minimum absolute atomic E-state index is 0.0407. The molecule has 8 heteroatoms. The summed E-state index contributed by atoms with van der Waals surface area (Å²) in [4.78, 5) is 44.3. The van der Waals surface area contributed by atoms with E-state index >= 15 is 0 Å². The van der Waals surface area contributed by atoms with Crippen LogP contribution in [0.25, 0.3) is 20.8 Å². The van der Waals surface area contributed by atoms with Crippen molar-refractivity contribution in [2.75, 3.05) is 11.9 Å². The molecule has 4 aromatic rings. The van der Waals surface area contributed by atoms with Crippen LogP contribution in [0.5, 0.6) is 0 Å². The van der Waals surface area contributed by atoms with Crippen molar-refractivity contribution < 1.29 is 14.4 Å². The van der Waals surface area contributed by atoms with Gasteiger partial charge in [-0.25, -0.2) is 4.98 Å². The van der Waals surface area contributed by atoms with Crippen LogP contribution in [0.4, 0.5) is 5.00 Å². The molecule has 2 aromatic heterocycles. The number of rotatable bonds is 4. The normalized spacial score (nSPS) is 13.1. The van der Waals surface area contributed by atoms with Gasteiger partial charge >= 0.3 is 0 Å². The third kappa shape index (κ3) is 4.07. The smallest absolute Gasteiger partial charge is 0.256 e. The molecule has 0 atom stereocenters. The molecule has 2 amide bonds. The first-order valence-electron chi connectivity index (χ1n) is 10.6. The topological polar surface area (TPSA) is 79.4 Å². The molecule has 1 N–H and O–H groups in total. The Balaban J connectivity index is 1.55. The third-order valence-corrected chi connectivity index (χ3v) is 7.98. The second kappa shape index (κ2) is 8.53. The van der Waals surface area contributed by atoms with Crippen LogP contribution in [0.2, 0.25) is 0 Å². The largest absolute Gasteiger partial charge is 0.337 e. The fraction of sp³-hybridized carbons (Fsp3) is 0.200. The Kier molecular flexibility index (Phi) is 5.55. The van der Waals surface area contributed by atoms with Crippen molar-refractivity contribution in [2.45, 2.75) is 26.8 Å². The quantitative estimate of drug-likeness (QED) is 0.402. The van der Waals surface area contributed by atoms with Crippen LogP contribution in [0.1, 0.15) is 45.0 Å². The molecule has 0 bridgehead atoms. The molecular formula is C25H21N3O3S2. The second-order valence-corrected chi connectivity index (χ2v) is 10.1. The molecule has 6 nitrogen and oxygen atoms in total. The molecule has 0 aliphatic carbocycles. The van der Waals surface area contributed by atoms with Gasteiger partial charge in [0.05, 0.1) is 16.8 Å². The molecule has 2 aromatic carbocycles. The molecule has 166 valence electrons. The highest BCUT2D eigenvalue weighted by molar-refractivity contribution is 7.23. The standard InChI is InChI=1S/C25H21N3O3S2/c1-14(29)16-7-9-17(10-8-16)23(31)27-25-22(24-26-19-5-3-4-6-20(19)32-24)18-11-12-28(15(2)30)13-21(18)33-25/h3-10H,11-13H2,1-2H3,(H,27,31). The lowest BCUT2D eigenvalue weighted by Crippen LogP contribution is -2.33. The highest BCUT2D eigenvalue weighted by atomic mass is 32.1. The summed E-state index contributed by atoms with van der Waals surface area (Å²) in [6.07, 6.45) is 0.722. The van der Waals surface area contributed by atoms with Crippen LogP contribution in [-0.2, 0) is 17.8 Å². The summed E-state index contributed by atoms with van der Waals surface area (Å²) in [6, 6.07) is 14.6. The number of benzene rings is 2. The van der Waals surface area contributed by atoms with Crippen LogP contribution >= 0.6 is 22.7 Å². The monoisotopic (exact) mass is 475 g/mol. The Bertz CT molecular complexity index is 1370. The summed E-state index contributed by atoms with van der Waals surface area (Å²) in [6.45, 7) is 4.27. The lowest BCUT2D eigenvalue weighted by molar-refractivity contribution is -0.129. The van der Waals surface area contributed by atoms with Crippen molar-refractivity contribution in [1.82, 2.24) is 9.88 Å². The number of fused-ring (bicyclic) bond motifs is 2. The Morgan fingerprint density at radius 2 is 1.70 bits per heavy atom. The van der Waals surface area contributed by atoms with E-state index in [4.69, 9.17) is 4.98 Å². The molecule has 0 spiro atoms. The number of thiazole rings is 1. The van der Waals surface area contributed by atoms with E-state index in [1.54, 1.807) is 42.5 Å². The number of nitrogens with one attached hydrogen (secondary N) is 1. The van der Waals surface area contributed by atoms with Crippen molar-refractivity contribution in [3.05, 3.63) is 70.1 Å². The maximum atomic E-state index is 13.1. The molecule has 0 radical (unpaired) electrons. The minimum Gasteiger partial charge on any atom is -0.337 e. The molecule has 33 heavy (non-hydrogen) atoms. The number of thiophene rings is 1. The van der Waals surface area contributed by atoms with Crippen LogP contribution in [0, 0.1) is 0 Å². The van der Waals surface area contributed by atoms with E-state index in [0.29, 0.717) is 24.2 Å². The number of ketones is 1. The summed E-state index contributed by atoms with van der Waals surface area (Å²) in [5, 5.41) is 4.69. The molecule has 3 heterocycles. The Labute approximate surface area is 198 Å². The predicted octanol–water partition coefficient (Wildman–Crippen LogP) is 5.38. The van der Waals surface area contributed by atoms with Crippen LogP contribution < -0.4 is 5.32 Å². The number of Topliss-reactive ketones (excluding diaryl/α,β-unsaturated/α-hetero) is 1. The van der Waals surface area contributed by atoms with Crippen LogP contribution in [0.15, 0.2) is 48.5 Å². The van der Waals surface area contributed by atoms with Crippen molar-refractivity contribution in [3.63, 3.8) is 0 Å². The van der Waals surface area contributed by atoms with E-state index in [1.165, 1.54) is 18.3 Å². The summed E-state index contributed by atoms with van der Waals surface area (Å²) in [5.41, 5.74) is 4.08. The lowest BCUT2D eigenvalue weighted by atomic mass is 10.0. The summed E-state index contributed by atoms with van der Waals surface area (Å²) < 4.78 is 1.09. The van der Waals surface area contributed by atoms with Crippen molar-refractivity contribution in [1.29, 1.82) is 0 Å². The number of aromatic nitrogens is 1. The minimum atomic E-state index is -0.241. The average molecular weight is 476 g/mol. The fourth-order valence-electron chi connectivity index (χ4n) is 4.00. The number of anilines is 1. The van der Waals surface area contributed by atoms with Crippen LogP contribution in [-0.4, -0.2) is 34.0 Å². The van der Waals surface area contributed by atoms with E-state index in [9.17, 15) is 14.4 Å². The summed E-state index contributed by atoms with van der Waals surface area (Å²) in [7, 11) is 0. The van der Waals surface area contributed by atoms with Crippen LogP contribution in [0.3, 0.4) is 0 Å². The molecular weight excluding hydrogens is 454 g/mol. The number of hydrogen-bond donors (Lipinski definition) is 1. The van der Waals surface area contributed by atoms with Gasteiger partial charge in [-0.15, -0.1) is 22.7 Å². The van der Waals surface area contributed by atoms with Gasteiger partial charge in [-0.3, -0.25) is 14.4 Å². The first-order valence-corrected chi connectivity index (χ1v) is 12.2. The Morgan fingerprint density at radius 1 is 0.970 bits per heavy atom. The maximum absolute atomic E-state index is 13.1. The van der Waals surface area contributed by atoms with Gasteiger partial charge in [0.1, 0.15) is 10.0 Å². The molecule has 1 aliphatic heterocycles. The van der Waals surface area contributed by atoms with E-state index in [-0.39, 0.29) is 17.6 Å². The Morgan fingerprint density at radius 3 is 2.39 bits per heavy atom. The van der Waals surface area contributed by atoms with E-state index < -0.39 is 0 Å². The lowest BCUT2D eigenvalue weighted by Gasteiger charge is -2.26. The highest BCUT2D eigenvalue weighted by Crippen LogP contribution is 2.45. The molecule has 1 aliphatic rings. The zero-order valence-corrected chi connectivity index (χ0v) is 19.8. The number of nitrogens with zero attached hydrogens (tertiary/aromatic N) is 2. The van der Waals surface area contributed by atoms with Crippen molar-refractivity contribution in [2.24, 2.45) is 0 Å². The second-order valence-electron chi connectivity index (χ2n) is 7.97. The number of para-hydroxylation sites is 1. The number of carbonyl (C=O) groups is 3. The van der Waals surface area contributed by atoms with Crippen molar-refractivity contribution in [3.8, 4) is 10.6 Å². The maximum Gasteiger partial charge on any atom is 0.256 e. The van der Waals surface area contributed by atoms with Gasteiger partial charge in [-0.1, -0.05) is 24.3 Å². The molecule has 0 saturated carbocycles. The first kappa shape index (κ1) is 21.5. The molecule has 5 rings (SSSR count). The van der Waals surface area contributed by atoms with Gasteiger partial charge < -0.3 is 10.2 Å². The zero-order chi connectivity index (χ0) is 23.1. The number of hydrogen-bond acceptors (Lipinski definition) is 6. The van der Waals surface area contributed by atoms with Gasteiger partial charge in [0.25, 0.3) is 5.91 Å². The fourth-order valence-corrected chi connectivity index (χ4v) is 6.37. The number of amides is 2. The third-order valence-electron chi connectivity index (χ3n) is 5.79. The molecule has 0 unspecified atom stereocenters. The summed E-state index contributed by atoms with van der Waals surface area (Å²) in [5.74, 6) is -0.234. The number of carbonyl (C=O) groups excluding carboxylic acids is 3. The molecule has 0 fully saturated rings. The SMILES string of the molecule is CC(=O)c1ccc(C(=O)Nc2sc3c(c2-c2nc4ccccc4s2)CCN(C(C)=O)C3)cc1. The van der Waals surface area contributed by atoms with Crippen molar-refractivity contribution >= 4 is 55.5 Å². The highest BCUT2D eigenvalue weighted by Gasteiger charge is 2.28. The van der Waals surface area contributed by atoms with Gasteiger partial charge in [0.2, 0.25) is 5.91 Å². The predicted molar refractivity (Wildman–Crippen MR) is 132 cm³/mol. The average Bonchev–Trinajstić information content (AvgIpc) is 3.38. The zero-order valence-electron chi connectivity index (χ0n) is 18.2. The van der Waals surface area contributed by atoms with Gasteiger partial charge in [-0.2, -0.15) is 0 Å². The molecule has 0 saturated heterocycles. The van der Waals surface area contributed by atoms with E-state index in [2.05, 4.69) is 5.32 Å². The Hall–Kier alpha value is -3.36. The van der Waals surface area contributed by atoms with Gasteiger partial charge in [-0.05, 0) is 43.2 Å². The summed E-state index contributed by atoms with van der Waals surface area (Å²) >= 11 is 3.11. The van der Waals surface area contributed by atoms with Gasteiger partial charge in [0, 0.05) is 35.0 Å². The van der Waals surface area contributed by atoms with E-state index in [0.717, 1.165) is 42.7 Å². The first-order chi connectivity index (χ1) is 15.9. The van der Waals surface area contributed by atoms with E-state index in [1.807, 2.05) is 29.2 Å².